The van der Waals surface area contributed by atoms with Crippen LogP contribution >= 0.6 is 0 Å². The summed E-state index contributed by atoms with van der Waals surface area (Å²) < 4.78 is 2.01. The minimum absolute atomic E-state index is 0.515. The Hall–Kier alpha value is -1.30. The van der Waals surface area contributed by atoms with Crippen molar-refractivity contribution in [3.05, 3.63) is 18.0 Å². The second-order valence-corrected chi connectivity index (χ2v) is 12.4. The number of hydrogen-bond acceptors (Lipinski definition) is 2. The van der Waals surface area contributed by atoms with Gasteiger partial charge in [-0.3, -0.25) is 4.68 Å². The predicted molar refractivity (Wildman–Crippen MR) is 120 cm³/mol. The molecule has 1 aromatic rings. The van der Waals surface area contributed by atoms with Crippen LogP contribution in [0.3, 0.4) is 0 Å². The average molecular weight is 408 g/mol. The van der Waals surface area contributed by atoms with Crippen LogP contribution in [0.5, 0.6) is 0 Å². The van der Waals surface area contributed by atoms with Crippen LogP contribution in [0, 0.1) is 63.6 Å². The SMILES string of the molecule is CC1CCC2C3CCC4(C)C(C(C)Cn5cc(C#N)cn5)CCC4C3CCC2(C)C1. The zero-order valence-corrected chi connectivity index (χ0v) is 19.6. The highest BCUT2D eigenvalue weighted by molar-refractivity contribution is 5.21. The lowest BCUT2D eigenvalue weighted by molar-refractivity contribution is -0.106. The molecule has 0 spiro atoms. The van der Waals surface area contributed by atoms with Crippen LogP contribution < -0.4 is 0 Å². The smallest absolute Gasteiger partial charge is 0.102 e. The molecule has 0 amide bonds. The highest BCUT2D eigenvalue weighted by Gasteiger charge is 2.59. The molecular weight excluding hydrogens is 366 g/mol. The van der Waals surface area contributed by atoms with Crippen molar-refractivity contribution in [1.82, 2.24) is 9.78 Å². The van der Waals surface area contributed by atoms with Gasteiger partial charge in [-0.2, -0.15) is 10.4 Å². The third-order valence-corrected chi connectivity index (χ3v) is 10.7. The van der Waals surface area contributed by atoms with Crippen molar-refractivity contribution in [2.45, 2.75) is 92.0 Å². The molecule has 4 aliphatic rings. The largest absolute Gasteiger partial charge is 0.271 e. The van der Waals surface area contributed by atoms with Gasteiger partial charge in [0.1, 0.15) is 6.07 Å². The quantitative estimate of drug-likeness (QED) is 0.560. The molecule has 0 aliphatic heterocycles. The fraction of sp³-hybridized carbons (Fsp3) is 0.852. The number of nitriles is 1. The van der Waals surface area contributed by atoms with Crippen LogP contribution in [0.2, 0.25) is 0 Å². The first-order chi connectivity index (χ1) is 14.3. The lowest BCUT2D eigenvalue weighted by Gasteiger charge is -2.60. The molecule has 0 saturated heterocycles. The van der Waals surface area contributed by atoms with Gasteiger partial charge in [-0.05, 0) is 104 Å². The molecule has 3 heteroatoms. The fourth-order valence-electron chi connectivity index (χ4n) is 9.53. The van der Waals surface area contributed by atoms with Gasteiger partial charge in [0.05, 0.1) is 11.8 Å². The lowest BCUT2D eigenvalue weighted by atomic mass is 9.45. The van der Waals surface area contributed by atoms with Crippen molar-refractivity contribution >= 4 is 0 Å². The van der Waals surface area contributed by atoms with Gasteiger partial charge < -0.3 is 0 Å². The minimum Gasteiger partial charge on any atom is -0.271 e. The molecule has 5 rings (SSSR count). The number of rotatable bonds is 3. The monoisotopic (exact) mass is 407 g/mol. The Kier molecular flexibility index (Phi) is 5.07. The second kappa shape index (κ2) is 7.39. The molecule has 1 heterocycles. The summed E-state index contributed by atoms with van der Waals surface area (Å²) in [6, 6.07) is 2.22. The Morgan fingerprint density at radius 1 is 1.10 bits per heavy atom. The van der Waals surface area contributed by atoms with E-state index in [9.17, 15) is 0 Å². The van der Waals surface area contributed by atoms with Crippen LogP contribution in [0.4, 0.5) is 0 Å². The third kappa shape index (κ3) is 3.16. The molecule has 9 atom stereocenters. The zero-order valence-electron chi connectivity index (χ0n) is 19.6. The Bertz CT molecular complexity index is 820. The topological polar surface area (TPSA) is 41.6 Å². The summed E-state index contributed by atoms with van der Waals surface area (Å²) in [6.07, 6.45) is 16.9. The maximum Gasteiger partial charge on any atom is 0.102 e. The van der Waals surface area contributed by atoms with Crippen molar-refractivity contribution in [3.8, 4) is 6.07 Å². The summed E-state index contributed by atoms with van der Waals surface area (Å²) in [5, 5.41) is 13.6. The van der Waals surface area contributed by atoms with Gasteiger partial charge in [-0.25, -0.2) is 0 Å². The van der Waals surface area contributed by atoms with E-state index in [1.54, 1.807) is 6.20 Å². The molecule has 3 nitrogen and oxygen atoms in total. The highest BCUT2D eigenvalue weighted by atomic mass is 15.3. The molecule has 1 aromatic heterocycles. The summed E-state index contributed by atoms with van der Waals surface area (Å²) in [4.78, 5) is 0. The summed E-state index contributed by atoms with van der Waals surface area (Å²) in [5.74, 6) is 6.32. The zero-order chi connectivity index (χ0) is 21.1. The van der Waals surface area contributed by atoms with Crippen molar-refractivity contribution < 1.29 is 0 Å². The van der Waals surface area contributed by atoms with E-state index in [2.05, 4.69) is 38.9 Å². The minimum atomic E-state index is 0.515. The predicted octanol–water partition coefficient (Wildman–Crippen LogP) is 6.69. The Morgan fingerprint density at radius 2 is 1.83 bits per heavy atom. The molecule has 0 N–H and O–H groups in total. The molecule has 164 valence electrons. The van der Waals surface area contributed by atoms with Gasteiger partial charge in [0.15, 0.2) is 0 Å². The number of hydrogen-bond donors (Lipinski definition) is 0. The van der Waals surface area contributed by atoms with E-state index in [1.165, 1.54) is 57.8 Å². The van der Waals surface area contributed by atoms with E-state index >= 15 is 0 Å². The van der Waals surface area contributed by atoms with E-state index in [1.807, 2.05) is 10.9 Å². The Balaban J connectivity index is 1.32. The lowest BCUT2D eigenvalue weighted by Crippen LogP contribution is -2.52. The molecule has 9 unspecified atom stereocenters. The van der Waals surface area contributed by atoms with E-state index in [0.717, 1.165) is 42.1 Å². The van der Waals surface area contributed by atoms with Gasteiger partial charge in [0.25, 0.3) is 0 Å². The fourth-order valence-corrected chi connectivity index (χ4v) is 9.53. The number of aromatic nitrogens is 2. The van der Waals surface area contributed by atoms with Gasteiger partial charge in [-0.15, -0.1) is 0 Å². The normalized spacial score (nSPS) is 46.4. The molecule has 0 bridgehead atoms. The van der Waals surface area contributed by atoms with E-state index in [-0.39, 0.29) is 0 Å². The van der Waals surface area contributed by atoms with Gasteiger partial charge in [0.2, 0.25) is 0 Å². The molecule has 30 heavy (non-hydrogen) atoms. The molecule has 4 aliphatic carbocycles. The Labute approximate surface area is 183 Å². The summed E-state index contributed by atoms with van der Waals surface area (Å²) >= 11 is 0. The summed E-state index contributed by atoms with van der Waals surface area (Å²) in [7, 11) is 0. The van der Waals surface area contributed by atoms with Crippen molar-refractivity contribution in [1.29, 1.82) is 5.26 Å². The van der Waals surface area contributed by atoms with Crippen LogP contribution in [0.15, 0.2) is 12.4 Å². The summed E-state index contributed by atoms with van der Waals surface area (Å²) in [5.41, 5.74) is 1.84. The first-order valence-electron chi connectivity index (χ1n) is 12.8. The summed E-state index contributed by atoms with van der Waals surface area (Å²) in [6.45, 7) is 11.2. The van der Waals surface area contributed by atoms with Crippen LogP contribution in [-0.2, 0) is 6.54 Å². The number of fused-ring (bicyclic) bond motifs is 5. The Morgan fingerprint density at radius 3 is 2.60 bits per heavy atom. The first-order valence-corrected chi connectivity index (χ1v) is 12.8. The van der Waals surface area contributed by atoms with Crippen LogP contribution in [-0.4, -0.2) is 9.78 Å². The third-order valence-electron chi connectivity index (χ3n) is 10.7. The van der Waals surface area contributed by atoms with Crippen molar-refractivity contribution in [3.63, 3.8) is 0 Å². The van der Waals surface area contributed by atoms with Gasteiger partial charge >= 0.3 is 0 Å². The highest BCUT2D eigenvalue weighted by Crippen LogP contribution is 2.67. The first kappa shape index (κ1) is 20.6. The molecule has 4 saturated carbocycles. The molecule has 0 aromatic carbocycles. The standard InChI is InChI=1S/C27H41N3/c1-18-5-6-24-21-10-12-27(4)23(19(2)16-30-17-20(14-28)15-29-30)7-8-25(27)22(21)9-11-26(24,3)13-18/h15,17-19,21-25H,5-13,16H2,1-4H3. The average Bonchev–Trinajstić information content (AvgIpc) is 3.30. The van der Waals surface area contributed by atoms with Gasteiger partial charge in [0, 0.05) is 12.7 Å². The second-order valence-electron chi connectivity index (χ2n) is 12.4. The van der Waals surface area contributed by atoms with E-state index < -0.39 is 0 Å². The maximum atomic E-state index is 9.11. The van der Waals surface area contributed by atoms with Crippen LogP contribution in [0.25, 0.3) is 0 Å². The molecular formula is C27H41N3. The molecule has 0 radical (unpaired) electrons. The van der Waals surface area contributed by atoms with Crippen molar-refractivity contribution in [2.75, 3.05) is 0 Å². The number of nitrogens with zero attached hydrogens (tertiary/aromatic N) is 3. The maximum absolute atomic E-state index is 9.11. The van der Waals surface area contributed by atoms with Crippen LogP contribution in [0.1, 0.15) is 91.0 Å². The van der Waals surface area contributed by atoms with E-state index in [0.29, 0.717) is 22.3 Å². The van der Waals surface area contributed by atoms with E-state index in [4.69, 9.17) is 5.26 Å². The molecule has 4 fully saturated rings. The van der Waals surface area contributed by atoms with Crippen molar-refractivity contribution in [2.24, 2.45) is 52.3 Å². The van der Waals surface area contributed by atoms with Gasteiger partial charge in [-0.1, -0.05) is 34.1 Å².